The van der Waals surface area contributed by atoms with Crippen LogP contribution in [0.5, 0.6) is 5.75 Å². The number of rotatable bonds is 4. The minimum atomic E-state index is -0.0235. The summed E-state index contributed by atoms with van der Waals surface area (Å²) in [7, 11) is 1.71. The average Bonchev–Trinajstić information content (AvgIpc) is 2.61. The van der Waals surface area contributed by atoms with Crippen LogP contribution in [0, 0.1) is 6.92 Å². The Hall–Kier alpha value is -2.26. The predicted octanol–water partition coefficient (Wildman–Crippen LogP) is 6.43. The second-order valence-electron chi connectivity index (χ2n) is 7.53. The maximum atomic E-state index is 6.12. The summed E-state index contributed by atoms with van der Waals surface area (Å²) in [6.45, 7) is 11.8. The van der Waals surface area contributed by atoms with Crippen LogP contribution in [0.2, 0.25) is 5.02 Å². The maximum absolute atomic E-state index is 6.12. The van der Waals surface area contributed by atoms with Crippen molar-refractivity contribution in [3.05, 3.63) is 58.1 Å². The van der Waals surface area contributed by atoms with Crippen LogP contribution in [-0.4, -0.2) is 25.4 Å². The molecular weight excluding hydrogens is 356 g/mol. The van der Waals surface area contributed by atoms with Crippen LogP contribution in [0.4, 0.5) is 11.4 Å². The molecule has 0 saturated carbocycles. The van der Waals surface area contributed by atoms with Gasteiger partial charge in [0.05, 0.1) is 18.3 Å². The number of benzene rings is 2. The predicted molar refractivity (Wildman–Crippen MR) is 117 cm³/mol. The molecule has 0 aromatic heterocycles. The standard InChI is InChI=1S/C23H27ClN2O/c1-7-26-21-12-22(27-6)17(10-19(21)16(3)13-23(26,4)5)14-25-20-11-18(24)9-8-15(20)2/h8-14H,7H2,1-6H3. The van der Waals surface area contributed by atoms with Crippen LogP contribution in [-0.2, 0) is 0 Å². The molecule has 0 unspecified atom stereocenters. The molecule has 4 heteroatoms. The molecule has 142 valence electrons. The van der Waals surface area contributed by atoms with Gasteiger partial charge < -0.3 is 9.64 Å². The largest absolute Gasteiger partial charge is 0.496 e. The first kappa shape index (κ1) is 19.5. The topological polar surface area (TPSA) is 24.8 Å². The van der Waals surface area contributed by atoms with Crippen molar-refractivity contribution >= 4 is 34.8 Å². The van der Waals surface area contributed by atoms with Crippen LogP contribution in [0.25, 0.3) is 5.57 Å². The van der Waals surface area contributed by atoms with Gasteiger partial charge in [0.1, 0.15) is 5.75 Å². The average molecular weight is 383 g/mol. The summed E-state index contributed by atoms with van der Waals surface area (Å²) in [6.07, 6.45) is 4.19. The number of aliphatic imine (C=N–C) groups is 1. The zero-order valence-electron chi connectivity index (χ0n) is 16.9. The highest BCUT2D eigenvalue weighted by Gasteiger charge is 2.31. The number of halogens is 1. The van der Waals surface area contributed by atoms with Gasteiger partial charge in [0.2, 0.25) is 0 Å². The number of anilines is 1. The third kappa shape index (κ3) is 3.74. The van der Waals surface area contributed by atoms with E-state index >= 15 is 0 Å². The molecule has 2 aromatic rings. The van der Waals surface area contributed by atoms with Crippen molar-refractivity contribution in [2.45, 2.75) is 40.2 Å². The number of hydrogen-bond acceptors (Lipinski definition) is 3. The van der Waals surface area contributed by atoms with Gasteiger partial charge in [-0.3, -0.25) is 4.99 Å². The summed E-state index contributed by atoms with van der Waals surface area (Å²) >= 11 is 6.12. The Labute approximate surface area is 167 Å². The van der Waals surface area contributed by atoms with E-state index in [1.54, 1.807) is 7.11 Å². The monoisotopic (exact) mass is 382 g/mol. The van der Waals surface area contributed by atoms with Crippen molar-refractivity contribution in [3.8, 4) is 5.75 Å². The van der Waals surface area contributed by atoms with Gasteiger partial charge >= 0.3 is 0 Å². The summed E-state index contributed by atoms with van der Waals surface area (Å²) in [5.41, 5.74) is 6.59. The molecule has 0 amide bonds. The van der Waals surface area contributed by atoms with E-state index in [-0.39, 0.29) is 5.54 Å². The first-order valence-corrected chi connectivity index (χ1v) is 9.64. The fraction of sp³-hybridized carbons (Fsp3) is 0.348. The molecule has 0 aliphatic carbocycles. The Morgan fingerprint density at radius 3 is 2.59 bits per heavy atom. The van der Waals surface area contributed by atoms with Crippen molar-refractivity contribution in [3.63, 3.8) is 0 Å². The Balaban J connectivity index is 2.10. The van der Waals surface area contributed by atoms with E-state index in [9.17, 15) is 0 Å². The molecule has 2 aromatic carbocycles. The van der Waals surface area contributed by atoms with Crippen LogP contribution in [0.3, 0.4) is 0 Å². The zero-order chi connectivity index (χ0) is 19.8. The third-order valence-electron chi connectivity index (χ3n) is 5.16. The number of hydrogen-bond donors (Lipinski definition) is 0. The van der Waals surface area contributed by atoms with Crippen molar-refractivity contribution in [1.82, 2.24) is 0 Å². The first-order chi connectivity index (χ1) is 12.8. The number of fused-ring (bicyclic) bond motifs is 1. The third-order valence-corrected chi connectivity index (χ3v) is 5.39. The SMILES string of the molecule is CCN1c2cc(OC)c(C=Nc3cc(Cl)ccc3C)cc2C(C)=CC1(C)C. The Bertz CT molecular complexity index is 928. The Morgan fingerprint density at radius 1 is 1.19 bits per heavy atom. The van der Waals surface area contributed by atoms with Gasteiger partial charge in [-0.15, -0.1) is 0 Å². The molecule has 1 aliphatic rings. The molecule has 0 N–H and O–H groups in total. The van der Waals surface area contributed by atoms with E-state index in [1.807, 2.05) is 31.3 Å². The maximum Gasteiger partial charge on any atom is 0.129 e. The molecule has 0 fully saturated rings. The molecule has 0 saturated heterocycles. The van der Waals surface area contributed by atoms with Gasteiger partial charge in [0.15, 0.2) is 0 Å². The summed E-state index contributed by atoms with van der Waals surface area (Å²) in [4.78, 5) is 7.07. The van der Waals surface area contributed by atoms with Gasteiger partial charge in [0.25, 0.3) is 0 Å². The zero-order valence-corrected chi connectivity index (χ0v) is 17.7. The fourth-order valence-corrected chi connectivity index (χ4v) is 4.00. The van der Waals surface area contributed by atoms with Crippen LogP contribution >= 0.6 is 11.6 Å². The molecule has 1 heterocycles. The molecule has 0 spiro atoms. The molecular formula is C23H27ClN2O. The smallest absolute Gasteiger partial charge is 0.129 e. The van der Waals surface area contributed by atoms with Crippen LogP contribution in [0.1, 0.15) is 44.4 Å². The highest BCUT2D eigenvalue weighted by Crippen LogP contribution is 2.41. The lowest BCUT2D eigenvalue weighted by Gasteiger charge is -2.43. The quantitative estimate of drug-likeness (QED) is 0.569. The van der Waals surface area contributed by atoms with Crippen LogP contribution < -0.4 is 9.64 Å². The van der Waals surface area contributed by atoms with Crippen molar-refractivity contribution in [1.29, 1.82) is 0 Å². The van der Waals surface area contributed by atoms with E-state index in [4.69, 9.17) is 16.3 Å². The number of methoxy groups -OCH3 is 1. The first-order valence-electron chi connectivity index (χ1n) is 9.26. The van der Waals surface area contributed by atoms with Crippen LogP contribution in [0.15, 0.2) is 41.4 Å². The van der Waals surface area contributed by atoms with Gasteiger partial charge in [-0.1, -0.05) is 23.7 Å². The number of aryl methyl sites for hydroxylation is 1. The molecule has 0 atom stereocenters. The minimum absolute atomic E-state index is 0.0235. The second kappa shape index (κ2) is 7.40. The Morgan fingerprint density at radius 2 is 1.93 bits per heavy atom. The highest BCUT2D eigenvalue weighted by atomic mass is 35.5. The van der Waals surface area contributed by atoms with E-state index in [0.717, 1.165) is 29.1 Å². The number of ether oxygens (including phenoxy) is 1. The van der Waals surface area contributed by atoms with Crippen molar-refractivity contribution in [2.75, 3.05) is 18.6 Å². The van der Waals surface area contributed by atoms with Gasteiger partial charge in [-0.25, -0.2) is 0 Å². The fourth-order valence-electron chi connectivity index (χ4n) is 3.84. The summed E-state index contributed by atoms with van der Waals surface area (Å²) in [5, 5.41) is 0.685. The summed E-state index contributed by atoms with van der Waals surface area (Å²) < 4.78 is 5.69. The van der Waals surface area contributed by atoms with E-state index in [0.29, 0.717) is 5.02 Å². The number of nitrogens with zero attached hydrogens (tertiary/aromatic N) is 2. The molecule has 3 nitrogen and oxygen atoms in total. The lowest BCUT2D eigenvalue weighted by molar-refractivity contribution is 0.413. The molecule has 27 heavy (non-hydrogen) atoms. The highest BCUT2D eigenvalue weighted by molar-refractivity contribution is 6.30. The molecule has 1 aliphatic heterocycles. The molecule has 3 rings (SSSR count). The lowest BCUT2D eigenvalue weighted by atomic mass is 9.88. The summed E-state index contributed by atoms with van der Waals surface area (Å²) in [6, 6.07) is 10.0. The lowest BCUT2D eigenvalue weighted by Crippen LogP contribution is -2.44. The Kier molecular flexibility index (Phi) is 5.34. The minimum Gasteiger partial charge on any atom is -0.496 e. The van der Waals surface area contributed by atoms with Gasteiger partial charge in [-0.05, 0) is 64.0 Å². The van der Waals surface area contributed by atoms with Crippen molar-refractivity contribution in [2.24, 2.45) is 4.99 Å². The van der Waals surface area contributed by atoms with Gasteiger partial charge in [0, 0.05) is 40.7 Å². The van der Waals surface area contributed by atoms with E-state index < -0.39 is 0 Å². The van der Waals surface area contributed by atoms with E-state index in [1.165, 1.54) is 16.8 Å². The molecule has 0 bridgehead atoms. The molecule has 0 radical (unpaired) electrons. The van der Waals surface area contributed by atoms with Crippen molar-refractivity contribution < 1.29 is 4.74 Å². The number of allylic oxidation sites excluding steroid dienone is 1. The van der Waals surface area contributed by atoms with Gasteiger partial charge in [-0.2, -0.15) is 0 Å². The number of likely N-dealkylation sites (N-methyl/N-ethyl adjacent to an activating group) is 1. The van der Waals surface area contributed by atoms with E-state index in [2.05, 4.69) is 55.8 Å². The summed E-state index contributed by atoms with van der Waals surface area (Å²) in [5.74, 6) is 0.820. The normalized spacial score (nSPS) is 15.7. The second-order valence-corrected chi connectivity index (χ2v) is 7.96.